The number of carbonyl (C=O) groups is 2. The SMILES string of the molecule is CCOc1cc(C(CS(C)(=O)=O)N2Cc3c(NC(=O)C4CC4)cccc3C2=O)ccc1OC. The van der Waals surface area contributed by atoms with E-state index in [0.29, 0.717) is 40.5 Å². The molecule has 2 amide bonds. The number of hydrogen-bond donors (Lipinski definition) is 1. The van der Waals surface area contributed by atoms with Crippen molar-refractivity contribution in [2.45, 2.75) is 32.4 Å². The summed E-state index contributed by atoms with van der Waals surface area (Å²) in [7, 11) is -1.90. The zero-order chi connectivity index (χ0) is 23.8. The number of fused-ring (bicyclic) bond motifs is 1. The molecule has 0 bridgehead atoms. The van der Waals surface area contributed by atoms with Crippen LogP contribution in [0.5, 0.6) is 11.5 Å². The van der Waals surface area contributed by atoms with Crippen molar-refractivity contribution in [1.29, 1.82) is 0 Å². The van der Waals surface area contributed by atoms with E-state index in [4.69, 9.17) is 9.47 Å². The van der Waals surface area contributed by atoms with E-state index in [0.717, 1.165) is 19.1 Å². The van der Waals surface area contributed by atoms with E-state index >= 15 is 0 Å². The number of amides is 2. The minimum absolute atomic E-state index is 0.0309. The molecule has 1 fully saturated rings. The number of carbonyl (C=O) groups excluding carboxylic acids is 2. The molecule has 1 unspecified atom stereocenters. The van der Waals surface area contributed by atoms with Crippen LogP contribution in [0, 0.1) is 5.92 Å². The molecule has 0 aromatic heterocycles. The Morgan fingerprint density at radius 2 is 1.97 bits per heavy atom. The van der Waals surface area contributed by atoms with Gasteiger partial charge in [-0.1, -0.05) is 12.1 Å². The van der Waals surface area contributed by atoms with Crippen LogP contribution in [0.25, 0.3) is 0 Å². The number of nitrogens with zero attached hydrogens (tertiary/aromatic N) is 1. The van der Waals surface area contributed by atoms with Gasteiger partial charge in [0.05, 0.1) is 25.5 Å². The standard InChI is InChI=1S/C24H28N2O6S/c1-4-32-22-12-16(10-11-21(22)31-2)20(14-33(3,29)30)26-13-18-17(24(26)28)6-5-7-19(18)25-23(27)15-8-9-15/h5-7,10-12,15,20H,4,8-9,13-14H2,1-3H3,(H,25,27). The number of anilines is 1. The van der Waals surface area contributed by atoms with Crippen molar-refractivity contribution in [3.8, 4) is 11.5 Å². The van der Waals surface area contributed by atoms with Gasteiger partial charge < -0.3 is 19.7 Å². The minimum atomic E-state index is -3.43. The highest BCUT2D eigenvalue weighted by Crippen LogP contribution is 2.39. The van der Waals surface area contributed by atoms with Crippen molar-refractivity contribution < 1.29 is 27.5 Å². The number of hydrogen-bond acceptors (Lipinski definition) is 6. The van der Waals surface area contributed by atoms with Gasteiger partial charge in [-0.15, -0.1) is 0 Å². The summed E-state index contributed by atoms with van der Waals surface area (Å²) in [5.74, 6) is 0.489. The summed E-state index contributed by atoms with van der Waals surface area (Å²) in [5, 5.41) is 2.94. The fourth-order valence-corrected chi connectivity index (χ4v) is 5.07. The molecule has 2 aromatic rings. The maximum Gasteiger partial charge on any atom is 0.255 e. The van der Waals surface area contributed by atoms with Crippen LogP contribution in [0.1, 0.15) is 47.3 Å². The summed E-state index contributed by atoms with van der Waals surface area (Å²) in [6.07, 6.45) is 2.91. The summed E-state index contributed by atoms with van der Waals surface area (Å²) in [4.78, 5) is 27.3. The summed E-state index contributed by atoms with van der Waals surface area (Å²) < 4.78 is 35.7. The van der Waals surface area contributed by atoms with Gasteiger partial charge in [-0.2, -0.15) is 0 Å². The van der Waals surface area contributed by atoms with Crippen LogP contribution in [0.3, 0.4) is 0 Å². The summed E-state index contributed by atoms with van der Waals surface area (Å²) in [5.41, 5.74) is 2.41. The second-order valence-electron chi connectivity index (χ2n) is 8.48. The summed E-state index contributed by atoms with van der Waals surface area (Å²) >= 11 is 0. The van der Waals surface area contributed by atoms with Crippen molar-refractivity contribution in [1.82, 2.24) is 4.90 Å². The smallest absolute Gasteiger partial charge is 0.255 e. The Labute approximate surface area is 193 Å². The van der Waals surface area contributed by atoms with Gasteiger partial charge >= 0.3 is 0 Å². The molecule has 1 atom stereocenters. The lowest BCUT2D eigenvalue weighted by Gasteiger charge is -2.28. The third-order valence-corrected chi connectivity index (χ3v) is 6.83. The zero-order valence-corrected chi connectivity index (χ0v) is 19.8. The first-order chi connectivity index (χ1) is 15.7. The van der Waals surface area contributed by atoms with Crippen LogP contribution >= 0.6 is 0 Å². The average Bonchev–Trinajstić information content (AvgIpc) is 3.56. The van der Waals surface area contributed by atoms with Crippen molar-refractivity contribution in [3.63, 3.8) is 0 Å². The molecule has 1 heterocycles. The first-order valence-corrected chi connectivity index (χ1v) is 13.0. The fraction of sp³-hybridized carbons (Fsp3) is 0.417. The second kappa shape index (κ2) is 9.05. The van der Waals surface area contributed by atoms with Crippen molar-refractivity contribution in [3.05, 3.63) is 53.1 Å². The molecule has 1 aliphatic carbocycles. The predicted molar refractivity (Wildman–Crippen MR) is 124 cm³/mol. The van der Waals surface area contributed by atoms with E-state index in [1.165, 1.54) is 7.11 Å². The van der Waals surface area contributed by atoms with Gasteiger partial charge in [0, 0.05) is 35.5 Å². The highest BCUT2D eigenvalue weighted by Gasteiger charge is 2.38. The molecule has 9 heteroatoms. The molecule has 176 valence electrons. The van der Waals surface area contributed by atoms with Gasteiger partial charge in [-0.05, 0) is 49.6 Å². The number of methoxy groups -OCH3 is 1. The lowest BCUT2D eigenvalue weighted by atomic mass is 10.1. The largest absolute Gasteiger partial charge is 0.493 e. The van der Waals surface area contributed by atoms with E-state index in [2.05, 4.69) is 5.32 Å². The van der Waals surface area contributed by atoms with Crippen molar-refractivity contribution >= 4 is 27.3 Å². The Balaban J connectivity index is 1.70. The molecule has 8 nitrogen and oxygen atoms in total. The van der Waals surface area contributed by atoms with Gasteiger partial charge in [0.1, 0.15) is 9.84 Å². The maximum atomic E-state index is 13.4. The van der Waals surface area contributed by atoms with Crippen molar-refractivity contribution in [2.24, 2.45) is 5.92 Å². The van der Waals surface area contributed by atoms with Gasteiger partial charge in [0.2, 0.25) is 5.91 Å². The van der Waals surface area contributed by atoms with E-state index in [9.17, 15) is 18.0 Å². The number of rotatable bonds is 9. The molecule has 1 saturated carbocycles. The normalized spacial score (nSPS) is 16.3. The summed E-state index contributed by atoms with van der Waals surface area (Å²) in [6.45, 7) is 2.46. The minimum Gasteiger partial charge on any atom is -0.493 e. The molecule has 0 spiro atoms. The van der Waals surface area contributed by atoms with Crippen LogP contribution in [0.4, 0.5) is 5.69 Å². The topological polar surface area (TPSA) is 102 Å². The average molecular weight is 473 g/mol. The molecule has 0 radical (unpaired) electrons. The first kappa shape index (κ1) is 23.1. The first-order valence-electron chi connectivity index (χ1n) is 10.9. The Morgan fingerprint density at radius 1 is 1.21 bits per heavy atom. The molecule has 0 saturated heterocycles. The Hall–Kier alpha value is -3.07. The van der Waals surface area contributed by atoms with Crippen LogP contribution in [-0.4, -0.2) is 50.9 Å². The number of nitrogens with one attached hydrogen (secondary N) is 1. The van der Waals surface area contributed by atoms with Gasteiger partial charge in [-0.25, -0.2) is 8.42 Å². The van der Waals surface area contributed by atoms with Gasteiger partial charge in [-0.3, -0.25) is 9.59 Å². The second-order valence-corrected chi connectivity index (χ2v) is 10.7. The van der Waals surface area contributed by atoms with Gasteiger partial charge in [0.15, 0.2) is 11.5 Å². The number of sulfone groups is 1. The maximum absolute atomic E-state index is 13.4. The Morgan fingerprint density at radius 3 is 2.61 bits per heavy atom. The molecule has 4 rings (SSSR count). The Kier molecular flexibility index (Phi) is 6.34. The molecule has 2 aromatic carbocycles. The van der Waals surface area contributed by atoms with E-state index in [-0.39, 0.29) is 30.0 Å². The Bertz CT molecular complexity index is 1190. The zero-order valence-electron chi connectivity index (χ0n) is 19.0. The van der Waals surface area contributed by atoms with Crippen molar-refractivity contribution in [2.75, 3.05) is 31.0 Å². The summed E-state index contributed by atoms with van der Waals surface area (Å²) in [6, 6.07) is 9.69. The molecule has 33 heavy (non-hydrogen) atoms. The van der Waals surface area contributed by atoms with Crippen LogP contribution < -0.4 is 14.8 Å². The molecule has 2 aliphatic rings. The fourth-order valence-electron chi connectivity index (χ4n) is 4.13. The highest BCUT2D eigenvalue weighted by atomic mass is 32.2. The molecular weight excluding hydrogens is 444 g/mol. The van der Waals surface area contributed by atoms with Crippen LogP contribution in [-0.2, 0) is 21.2 Å². The van der Waals surface area contributed by atoms with E-state index in [1.807, 2.05) is 6.92 Å². The highest BCUT2D eigenvalue weighted by molar-refractivity contribution is 7.90. The van der Waals surface area contributed by atoms with E-state index < -0.39 is 15.9 Å². The lowest BCUT2D eigenvalue weighted by molar-refractivity contribution is -0.117. The molecule has 1 aliphatic heterocycles. The monoisotopic (exact) mass is 472 g/mol. The van der Waals surface area contributed by atoms with E-state index in [1.54, 1.807) is 41.3 Å². The van der Waals surface area contributed by atoms with Crippen LogP contribution in [0.15, 0.2) is 36.4 Å². The van der Waals surface area contributed by atoms with Gasteiger partial charge in [0.25, 0.3) is 5.91 Å². The number of benzene rings is 2. The number of ether oxygens (including phenoxy) is 2. The van der Waals surface area contributed by atoms with Crippen LogP contribution in [0.2, 0.25) is 0 Å². The molecular formula is C24H28N2O6S. The quantitative estimate of drug-likeness (QED) is 0.601. The third kappa shape index (κ3) is 4.98. The molecule has 1 N–H and O–H groups in total. The lowest BCUT2D eigenvalue weighted by Crippen LogP contribution is -2.33. The predicted octanol–water partition coefficient (Wildman–Crippen LogP) is 3.18. The third-order valence-electron chi connectivity index (χ3n) is 5.91.